The number of hydrogen-bond donors (Lipinski definition) is 2. The summed E-state index contributed by atoms with van der Waals surface area (Å²) >= 11 is 0. The quantitative estimate of drug-likeness (QED) is 0.736. The maximum atomic E-state index is 13.0. The minimum absolute atomic E-state index is 0.0714. The summed E-state index contributed by atoms with van der Waals surface area (Å²) in [5, 5.41) is 2.73. The number of nitrogens with two attached hydrogens (primary N) is 1. The highest BCUT2D eigenvalue weighted by Gasteiger charge is 2.10. The van der Waals surface area contributed by atoms with Crippen LogP contribution in [0.1, 0.15) is 44.6 Å². The third-order valence-corrected chi connectivity index (χ3v) is 3.53. The molecular weight excluding hydrogens is 274 g/mol. The SMILES string of the molecule is CCCC(CCN)CCC(=O)NCc1ccc(F)c(F)c1. The number of hydrogen-bond acceptors (Lipinski definition) is 2. The predicted octanol–water partition coefficient (Wildman–Crippen LogP) is 3.13. The van der Waals surface area contributed by atoms with Crippen molar-refractivity contribution in [1.82, 2.24) is 5.32 Å². The van der Waals surface area contributed by atoms with Crippen molar-refractivity contribution in [2.45, 2.75) is 45.6 Å². The topological polar surface area (TPSA) is 55.1 Å². The summed E-state index contributed by atoms with van der Waals surface area (Å²) < 4.78 is 25.8. The fraction of sp³-hybridized carbons (Fsp3) is 0.562. The van der Waals surface area contributed by atoms with Gasteiger partial charge in [0.1, 0.15) is 0 Å². The molecule has 1 atom stereocenters. The van der Waals surface area contributed by atoms with Gasteiger partial charge in [-0.3, -0.25) is 4.79 Å². The molecule has 0 aliphatic rings. The molecular formula is C16H24F2N2O. The van der Waals surface area contributed by atoms with Crippen LogP contribution < -0.4 is 11.1 Å². The van der Waals surface area contributed by atoms with Crippen LogP contribution in [-0.4, -0.2) is 12.5 Å². The van der Waals surface area contributed by atoms with Crippen molar-refractivity contribution in [1.29, 1.82) is 0 Å². The molecule has 3 N–H and O–H groups in total. The average Bonchev–Trinajstić information content (AvgIpc) is 2.46. The molecule has 0 saturated carbocycles. The zero-order valence-corrected chi connectivity index (χ0v) is 12.5. The number of rotatable bonds is 9. The van der Waals surface area contributed by atoms with Crippen molar-refractivity contribution >= 4 is 5.91 Å². The minimum Gasteiger partial charge on any atom is -0.352 e. The molecule has 1 rings (SSSR count). The van der Waals surface area contributed by atoms with Gasteiger partial charge in [0, 0.05) is 13.0 Å². The van der Waals surface area contributed by atoms with E-state index >= 15 is 0 Å². The first-order chi connectivity index (χ1) is 10.1. The molecule has 3 nitrogen and oxygen atoms in total. The van der Waals surface area contributed by atoms with Gasteiger partial charge in [-0.25, -0.2) is 8.78 Å². The Morgan fingerprint density at radius 2 is 2.00 bits per heavy atom. The predicted molar refractivity (Wildman–Crippen MR) is 79.5 cm³/mol. The molecule has 0 aromatic heterocycles. The van der Waals surface area contributed by atoms with Crippen LogP contribution in [0.15, 0.2) is 18.2 Å². The van der Waals surface area contributed by atoms with Crippen LogP contribution in [-0.2, 0) is 11.3 Å². The van der Waals surface area contributed by atoms with Crippen molar-refractivity contribution in [3.63, 3.8) is 0 Å². The number of carbonyl (C=O) groups excluding carboxylic acids is 1. The number of carbonyl (C=O) groups is 1. The van der Waals surface area contributed by atoms with Crippen LogP contribution in [0.5, 0.6) is 0 Å². The van der Waals surface area contributed by atoms with E-state index in [0.717, 1.165) is 37.8 Å². The van der Waals surface area contributed by atoms with E-state index < -0.39 is 11.6 Å². The summed E-state index contributed by atoms with van der Waals surface area (Å²) in [4.78, 5) is 11.8. The van der Waals surface area contributed by atoms with Crippen LogP contribution in [0.25, 0.3) is 0 Å². The second-order valence-corrected chi connectivity index (χ2v) is 5.30. The van der Waals surface area contributed by atoms with Gasteiger partial charge in [-0.15, -0.1) is 0 Å². The molecule has 0 bridgehead atoms. The van der Waals surface area contributed by atoms with Gasteiger partial charge in [0.2, 0.25) is 5.91 Å². The lowest BCUT2D eigenvalue weighted by Crippen LogP contribution is -2.23. The Morgan fingerprint density at radius 3 is 2.62 bits per heavy atom. The lowest BCUT2D eigenvalue weighted by atomic mass is 9.94. The lowest BCUT2D eigenvalue weighted by molar-refractivity contribution is -0.121. The molecule has 0 aliphatic carbocycles. The Bertz CT molecular complexity index is 446. The molecule has 21 heavy (non-hydrogen) atoms. The molecule has 1 aromatic carbocycles. The average molecular weight is 298 g/mol. The molecule has 0 radical (unpaired) electrons. The summed E-state index contributed by atoms with van der Waals surface area (Å²) in [5.41, 5.74) is 6.11. The zero-order valence-electron chi connectivity index (χ0n) is 12.5. The fourth-order valence-corrected chi connectivity index (χ4v) is 2.35. The second kappa shape index (κ2) is 9.45. The first kappa shape index (κ1) is 17.6. The second-order valence-electron chi connectivity index (χ2n) is 5.30. The maximum Gasteiger partial charge on any atom is 0.220 e. The van der Waals surface area contributed by atoms with E-state index in [1.54, 1.807) is 0 Å². The molecule has 118 valence electrons. The van der Waals surface area contributed by atoms with E-state index in [2.05, 4.69) is 12.2 Å². The van der Waals surface area contributed by atoms with E-state index in [1.165, 1.54) is 6.07 Å². The van der Waals surface area contributed by atoms with Gasteiger partial charge in [-0.05, 0) is 43.0 Å². The van der Waals surface area contributed by atoms with Gasteiger partial charge in [0.15, 0.2) is 11.6 Å². The van der Waals surface area contributed by atoms with E-state index in [-0.39, 0.29) is 12.5 Å². The van der Waals surface area contributed by atoms with Crippen LogP contribution in [0, 0.1) is 17.6 Å². The molecule has 5 heteroatoms. The number of benzene rings is 1. The van der Waals surface area contributed by atoms with E-state index in [9.17, 15) is 13.6 Å². The third kappa shape index (κ3) is 6.67. The molecule has 0 spiro atoms. The summed E-state index contributed by atoms with van der Waals surface area (Å²) in [6, 6.07) is 3.63. The minimum atomic E-state index is -0.896. The van der Waals surface area contributed by atoms with Crippen LogP contribution in [0.3, 0.4) is 0 Å². The molecule has 0 saturated heterocycles. The fourth-order valence-electron chi connectivity index (χ4n) is 2.35. The summed E-state index contributed by atoms with van der Waals surface area (Å²) in [5.74, 6) is -1.37. The van der Waals surface area contributed by atoms with Gasteiger partial charge in [0.05, 0.1) is 0 Å². The standard InChI is InChI=1S/C16H24F2N2O/c1-2-3-12(8-9-19)5-7-16(21)20-11-13-4-6-14(17)15(18)10-13/h4,6,10,12H,2-3,5,7-9,11,19H2,1H3,(H,20,21). The van der Waals surface area contributed by atoms with Gasteiger partial charge >= 0.3 is 0 Å². The van der Waals surface area contributed by atoms with Crippen molar-refractivity contribution in [3.05, 3.63) is 35.4 Å². The van der Waals surface area contributed by atoms with Crippen molar-refractivity contribution < 1.29 is 13.6 Å². The van der Waals surface area contributed by atoms with Gasteiger partial charge in [-0.2, -0.15) is 0 Å². The van der Waals surface area contributed by atoms with Crippen LogP contribution in [0.2, 0.25) is 0 Å². The van der Waals surface area contributed by atoms with Crippen LogP contribution in [0.4, 0.5) is 8.78 Å². The van der Waals surface area contributed by atoms with Crippen molar-refractivity contribution in [3.8, 4) is 0 Å². The zero-order chi connectivity index (χ0) is 15.7. The van der Waals surface area contributed by atoms with Gasteiger partial charge < -0.3 is 11.1 Å². The van der Waals surface area contributed by atoms with Gasteiger partial charge in [0.25, 0.3) is 0 Å². The molecule has 0 fully saturated rings. The highest BCUT2D eigenvalue weighted by Crippen LogP contribution is 2.17. The van der Waals surface area contributed by atoms with Gasteiger partial charge in [-0.1, -0.05) is 25.8 Å². The number of nitrogens with one attached hydrogen (secondary N) is 1. The first-order valence-electron chi connectivity index (χ1n) is 7.47. The third-order valence-electron chi connectivity index (χ3n) is 3.53. The summed E-state index contributed by atoms with van der Waals surface area (Å²) in [6.45, 7) is 2.97. The van der Waals surface area contributed by atoms with Crippen molar-refractivity contribution in [2.75, 3.05) is 6.54 Å². The van der Waals surface area contributed by atoms with E-state index in [0.29, 0.717) is 24.4 Å². The Kier molecular flexibility index (Phi) is 7.90. The normalized spacial score (nSPS) is 12.2. The molecule has 1 aromatic rings. The highest BCUT2D eigenvalue weighted by atomic mass is 19.2. The molecule has 1 unspecified atom stereocenters. The molecule has 0 heterocycles. The Hall–Kier alpha value is -1.49. The Labute approximate surface area is 124 Å². The number of halogens is 2. The number of amides is 1. The molecule has 1 amide bonds. The largest absolute Gasteiger partial charge is 0.352 e. The maximum absolute atomic E-state index is 13.0. The summed E-state index contributed by atoms with van der Waals surface area (Å²) in [6.07, 6.45) is 4.35. The first-order valence-corrected chi connectivity index (χ1v) is 7.47. The molecule has 0 aliphatic heterocycles. The highest BCUT2D eigenvalue weighted by molar-refractivity contribution is 5.75. The smallest absolute Gasteiger partial charge is 0.220 e. The van der Waals surface area contributed by atoms with Crippen LogP contribution >= 0.6 is 0 Å². The van der Waals surface area contributed by atoms with E-state index in [1.807, 2.05) is 0 Å². The Balaban J connectivity index is 2.34. The van der Waals surface area contributed by atoms with Crippen molar-refractivity contribution in [2.24, 2.45) is 11.7 Å². The monoisotopic (exact) mass is 298 g/mol. The lowest BCUT2D eigenvalue weighted by Gasteiger charge is -2.14. The Morgan fingerprint density at radius 1 is 1.24 bits per heavy atom. The van der Waals surface area contributed by atoms with E-state index in [4.69, 9.17) is 5.73 Å². The summed E-state index contributed by atoms with van der Waals surface area (Å²) in [7, 11) is 0.